The van der Waals surface area contributed by atoms with Crippen LogP contribution in [0.3, 0.4) is 0 Å². The van der Waals surface area contributed by atoms with Gasteiger partial charge in [-0.15, -0.1) is 5.10 Å². The first-order valence-corrected chi connectivity index (χ1v) is 9.08. The van der Waals surface area contributed by atoms with E-state index in [1.807, 2.05) is 4.68 Å². The summed E-state index contributed by atoms with van der Waals surface area (Å²) in [5, 5.41) is 4.64. The van der Waals surface area contributed by atoms with Crippen molar-refractivity contribution < 1.29 is 9.47 Å². The van der Waals surface area contributed by atoms with Crippen molar-refractivity contribution in [3.63, 3.8) is 0 Å². The van der Waals surface area contributed by atoms with Gasteiger partial charge in [0.1, 0.15) is 12.4 Å². The Hall–Kier alpha value is -2.12. The minimum Gasteiger partial charge on any atom is -0.493 e. The third kappa shape index (κ3) is 2.98. The number of hydrogen-bond acceptors (Lipinski definition) is 6. The standard InChI is InChI=1S/C18H23N5O2/c1-2-15-3-9-25-16(15)11-14(1)12-21-4-6-22(7-5-21)18-19-17-13-24-10-8-23(17)20-18/h1-2,11H,3-10,12-13H2. The van der Waals surface area contributed by atoms with E-state index in [4.69, 9.17) is 9.47 Å². The molecule has 2 aromatic rings. The van der Waals surface area contributed by atoms with E-state index in [0.29, 0.717) is 6.61 Å². The lowest BCUT2D eigenvalue weighted by Crippen LogP contribution is -2.46. The van der Waals surface area contributed by atoms with Gasteiger partial charge >= 0.3 is 0 Å². The molecule has 5 rings (SSSR count). The Balaban J connectivity index is 1.20. The average molecular weight is 341 g/mol. The van der Waals surface area contributed by atoms with Gasteiger partial charge in [0, 0.05) is 39.1 Å². The summed E-state index contributed by atoms with van der Waals surface area (Å²) in [4.78, 5) is 9.42. The number of hydrogen-bond donors (Lipinski definition) is 0. The summed E-state index contributed by atoms with van der Waals surface area (Å²) < 4.78 is 13.1. The molecule has 1 aromatic heterocycles. The van der Waals surface area contributed by atoms with E-state index in [0.717, 1.165) is 76.4 Å². The Kier molecular flexibility index (Phi) is 3.83. The second-order valence-electron chi connectivity index (χ2n) is 6.91. The third-order valence-electron chi connectivity index (χ3n) is 5.24. The van der Waals surface area contributed by atoms with Crippen LogP contribution in [0.1, 0.15) is 17.0 Å². The second-order valence-corrected chi connectivity index (χ2v) is 6.91. The molecule has 25 heavy (non-hydrogen) atoms. The molecule has 3 aliphatic rings. The van der Waals surface area contributed by atoms with Crippen molar-refractivity contribution in [3.05, 3.63) is 35.2 Å². The largest absolute Gasteiger partial charge is 0.493 e. The lowest BCUT2D eigenvalue weighted by atomic mass is 10.1. The lowest BCUT2D eigenvalue weighted by Gasteiger charge is -2.34. The van der Waals surface area contributed by atoms with Crippen LogP contribution in [0.25, 0.3) is 0 Å². The highest BCUT2D eigenvalue weighted by Crippen LogP contribution is 2.27. The summed E-state index contributed by atoms with van der Waals surface area (Å²) in [5.41, 5.74) is 2.68. The number of piperazine rings is 1. The van der Waals surface area contributed by atoms with Gasteiger partial charge < -0.3 is 14.4 Å². The van der Waals surface area contributed by atoms with Gasteiger partial charge in [-0.05, 0) is 17.2 Å². The highest BCUT2D eigenvalue weighted by atomic mass is 16.5. The molecule has 0 spiro atoms. The van der Waals surface area contributed by atoms with Crippen molar-refractivity contribution in [2.75, 3.05) is 44.3 Å². The zero-order valence-corrected chi connectivity index (χ0v) is 14.4. The molecule has 0 bridgehead atoms. The molecular formula is C18H23N5O2. The summed E-state index contributed by atoms with van der Waals surface area (Å²) in [7, 11) is 0. The normalized spacial score (nSPS) is 20.2. The fourth-order valence-corrected chi connectivity index (χ4v) is 3.77. The van der Waals surface area contributed by atoms with Gasteiger partial charge in [0.05, 0.1) is 19.8 Å². The van der Waals surface area contributed by atoms with Gasteiger partial charge in [-0.3, -0.25) is 4.90 Å². The summed E-state index contributed by atoms with van der Waals surface area (Å²) >= 11 is 0. The number of anilines is 1. The molecule has 0 aliphatic carbocycles. The number of fused-ring (bicyclic) bond motifs is 2. The van der Waals surface area contributed by atoms with Crippen LogP contribution in [-0.2, 0) is 30.9 Å². The van der Waals surface area contributed by atoms with E-state index in [1.165, 1.54) is 11.1 Å². The molecule has 7 heteroatoms. The van der Waals surface area contributed by atoms with Gasteiger partial charge in [-0.2, -0.15) is 4.98 Å². The van der Waals surface area contributed by atoms with E-state index in [2.05, 4.69) is 38.1 Å². The average Bonchev–Trinajstić information content (AvgIpc) is 3.28. The van der Waals surface area contributed by atoms with Crippen molar-refractivity contribution in [2.24, 2.45) is 0 Å². The fraction of sp³-hybridized carbons (Fsp3) is 0.556. The Labute approximate surface area is 147 Å². The van der Waals surface area contributed by atoms with Gasteiger partial charge in [-0.1, -0.05) is 12.1 Å². The third-order valence-corrected chi connectivity index (χ3v) is 5.24. The second kappa shape index (κ2) is 6.31. The monoisotopic (exact) mass is 341 g/mol. The molecule has 0 unspecified atom stereocenters. The molecule has 0 atom stereocenters. The van der Waals surface area contributed by atoms with Crippen LogP contribution in [0.4, 0.5) is 5.95 Å². The predicted molar refractivity (Wildman–Crippen MR) is 92.8 cm³/mol. The van der Waals surface area contributed by atoms with Crippen molar-refractivity contribution in [1.82, 2.24) is 19.7 Å². The molecule has 3 aliphatic heterocycles. The number of nitrogens with zero attached hydrogens (tertiary/aromatic N) is 5. The Morgan fingerprint density at radius 1 is 1.04 bits per heavy atom. The van der Waals surface area contributed by atoms with Crippen LogP contribution >= 0.6 is 0 Å². The SMILES string of the molecule is c1cc2c(cc1CN1CCN(c3nc4n(n3)CCOC4)CC1)OCC2. The van der Waals surface area contributed by atoms with E-state index in [1.54, 1.807) is 0 Å². The zero-order valence-electron chi connectivity index (χ0n) is 14.4. The van der Waals surface area contributed by atoms with Crippen molar-refractivity contribution in [2.45, 2.75) is 26.1 Å². The highest BCUT2D eigenvalue weighted by Gasteiger charge is 2.23. The molecule has 0 saturated carbocycles. The summed E-state index contributed by atoms with van der Waals surface area (Å²) in [6, 6.07) is 6.67. The summed E-state index contributed by atoms with van der Waals surface area (Å²) in [5.74, 6) is 2.87. The molecule has 0 radical (unpaired) electrons. The molecule has 4 heterocycles. The first kappa shape index (κ1) is 15.2. The first-order chi connectivity index (χ1) is 12.3. The van der Waals surface area contributed by atoms with E-state index in [-0.39, 0.29) is 0 Å². The van der Waals surface area contributed by atoms with E-state index in [9.17, 15) is 0 Å². The fourth-order valence-electron chi connectivity index (χ4n) is 3.77. The van der Waals surface area contributed by atoms with E-state index >= 15 is 0 Å². The smallest absolute Gasteiger partial charge is 0.245 e. The number of ether oxygens (including phenoxy) is 2. The number of rotatable bonds is 3. The van der Waals surface area contributed by atoms with Crippen LogP contribution in [0.15, 0.2) is 18.2 Å². The zero-order chi connectivity index (χ0) is 16.6. The molecule has 1 fully saturated rings. The maximum atomic E-state index is 5.69. The quantitative estimate of drug-likeness (QED) is 0.832. The van der Waals surface area contributed by atoms with Crippen LogP contribution < -0.4 is 9.64 Å². The minimum atomic E-state index is 0.577. The topological polar surface area (TPSA) is 55.7 Å². The first-order valence-electron chi connectivity index (χ1n) is 9.08. The Morgan fingerprint density at radius 2 is 1.96 bits per heavy atom. The minimum absolute atomic E-state index is 0.577. The van der Waals surface area contributed by atoms with Gasteiger partial charge in [0.25, 0.3) is 0 Å². The molecule has 0 amide bonds. The van der Waals surface area contributed by atoms with Crippen LogP contribution in [-0.4, -0.2) is 59.1 Å². The van der Waals surface area contributed by atoms with Crippen molar-refractivity contribution in [3.8, 4) is 5.75 Å². The maximum absolute atomic E-state index is 5.69. The predicted octanol–water partition coefficient (Wildman–Crippen LogP) is 1.07. The number of aromatic nitrogens is 3. The molecule has 132 valence electrons. The molecule has 1 aromatic carbocycles. The molecule has 7 nitrogen and oxygen atoms in total. The molecule has 0 N–H and O–H groups in total. The van der Waals surface area contributed by atoms with Gasteiger partial charge in [0.15, 0.2) is 5.82 Å². The Bertz CT molecular complexity index is 743. The van der Waals surface area contributed by atoms with Gasteiger partial charge in [-0.25, -0.2) is 4.68 Å². The maximum Gasteiger partial charge on any atom is 0.245 e. The van der Waals surface area contributed by atoms with Crippen molar-refractivity contribution >= 4 is 5.95 Å². The number of benzene rings is 1. The lowest BCUT2D eigenvalue weighted by molar-refractivity contribution is 0.0769. The van der Waals surface area contributed by atoms with Gasteiger partial charge in [0.2, 0.25) is 5.95 Å². The summed E-state index contributed by atoms with van der Waals surface area (Å²) in [6.45, 7) is 7.90. The molecular weight excluding hydrogens is 318 g/mol. The van der Waals surface area contributed by atoms with Crippen molar-refractivity contribution in [1.29, 1.82) is 0 Å². The Morgan fingerprint density at radius 3 is 2.84 bits per heavy atom. The highest BCUT2D eigenvalue weighted by molar-refractivity contribution is 5.40. The summed E-state index contributed by atoms with van der Waals surface area (Å²) in [6.07, 6.45) is 1.04. The van der Waals surface area contributed by atoms with Crippen LogP contribution in [0, 0.1) is 0 Å². The molecule has 1 saturated heterocycles. The van der Waals surface area contributed by atoms with Crippen LogP contribution in [0.5, 0.6) is 5.75 Å². The van der Waals surface area contributed by atoms with E-state index < -0.39 is 0 Å². The van der Waals surface area contributed by atoms with Crippen LogP contribution in [0.2, 0.25) is 0 Å².